The van der Waals surface area contributed by atoms with Crippen molar-refractivity contribution in [1.82, 2.24) is 0 Å². The van der Waals surface area contributed by atoms with E-state index < -0.39 is 0 Å². The first kappa shape index (κ1) is 10.6. The van der Waals surface area contributed by atoms with E-state index in [1.165, 1.54) is 31.2 Å². The Balaban J connectivity index is 1.80. The van der Waals surface area contributed by atoms with E-state index in [-0.39, 0.29) is 5.54 Å². The summed E-state index contributed by atoms with van der Waals surface area (Å²) in [6.45, 7) is 0. The van der Waals surface area contributed by atoms with E-state index in [2.05, 4.69) is 6.07 Å². The van der Waals surface area contributed by atoms with Crippen LogP contribution in [0.4, 0.5) is 0 Å². The van der Waals surface area contributed by atoms with Crippen LogP contribution >= 0.6 is 11.6 Å². The van der Waals surface area contributed by atoms with E-state index in [1.54, 1.807) is 0 Å². The van der Waals surface area contributed by atoms with E-state index in [1.807, 2.05) is 18.2 Å². The van der Waals surface area contributed by atoms with E-state index in [0.717, 1.165) is 17.4 Å². The molecule has 0 heterocycles. The number of hydrogen-bond donors (Lipinski definition) is 1. The molecule has 2 N–H and O–H groups in total. The number of nitrogens with two attached hydrogens (primary N) is 1. The third-order valence-electron chi connectivity index (χ3n) is 4.39. The molecule has 0 aromatic heterocycles. The molecule has 86 valence electrons. The second-order valence-corrected chi connectivity index (χ2v) is 5.84. The zero-order valence-electron chi connectivity index (χ0n) is 9.45. The maximum Gasteiger partial charge on any atom is 0.0445 e. The molecule has 2 aliphatic carbocycles. The van der Waals surface area contributed by atoms with Crippen molar-refractivity contribution in [2.45, 2.75) is 37.6 Å². The minimum absolute atomic E-state index is 0.0695. The Morgan fingerprint density at radius 1 is 1.25 bits per heavy atom. The number of hydrogen-bond acceptors (Lipinski definition) is 1. The van der Waals surface area contributed by atoms with Crippen molar-refractivity contribution in [3.63, 3.8) is 0 Å². The van der Waals surface area contributed by atoms with E-state index in [9.17, 15) is 0 Å². The van der Waals surface area contributed by atoms with Crippen LogP contribution in [-0.2, 0) is 5.54 Å². The molecule has 1 aromatic rings. The highest BCUT2D eigenvalue weighted by molar-refractivity contribution is 6.30. The van der Waals surface area contributed by atoms with Crippen LogP contribution in [0.3, 0.4) is 0 Å². The lowest BCUT2D eigenvalue weighted by molar-refractivity contribution is 0.428. The van der Waals surface area contributed by atoms with Gasteiger partial charge in [0.25, 0.3) is 0 Å². The Bertz CT molecular complexity index is 397. The quantitative estimate of drug-likeness (QED) is 0.831. The van der Waals surface area contributed by atoms with Gasteiger partial charge in [-0.2, -0.15) is 0 Å². The van der Waals surface area contributed by atoms with Crippen LogP contribution < -0.4 is 5.73 Å². The summed E-state index contributed by atoms with van der Waals surface area (Å²) in [6.07, 6.45) is 6.70. The van der Waals surface area contributed by atoms with Crippen molar-refractivity contribution in [3.05, 3.63) is 34.9 Å². The predicted octanol–water partition coefficient (Wildman–Crippen LogP) is 3.70. The topological polar surface area (TPSA) is 26.0 Å². The average Bonchev–Trinajstić information content (AvgIpc) is 2.76. The van der Waals surface area contributed by atoms with Gasteiger partial charge in [-0.15, -0.1) is 0 Å². The summed E-state index contributed by atoms with van der Waals surface area (Å²) in [5.41, 5.74) is 7.67. The van der Waals surface area contributed by atoms with Gasteiger partial charge in [-0.05, 0) is 36.0 Å². The SMILES string of the molecule is NC1(c2cccc(Cl)c2)CC1C1CCCC1. The summed E-state index contributed by atoms with van der Waals surface area (Å²) in [5.74, 6) is 1.57. The fraction of sp³-hybridized carbons (Fsp3) is 0.571. The molecule has 1 aromatic carbocycles. The molecule has 0 saturated heterocycles. The zero-order valence-corrected chi connectivity index (χ0v) is 10.2. The molecule has 2 heteroatoms. The molecule has 2 unspecified atom stereocenters. The molecule has 0 aliphatic heterocycles. The van der Waals surface area contributed by atoms with Gasteiger partial charge in [-0.3, -0.25) is 0 Å². The Morgan fingerprint density at radius 3 is 2.69 bits per heavy atom. The van der Waals surface area contributed by atoms with Crippen LogP contribution in [0.1, 0.15) is 37.7 Å². The molecule has 2 fully saturated rings. The minimum Gasteiger partial charge on any atom is -0.321 e. The lowest BCUT2D eigenvalue weighted by atomic mass is 9.94. The third-order valence-corrected chi connectivity index (χ3v) is 4.63. The van der Waals surface area contributed by atoms with Crippen molar-refractivity contribution >= 4 is 11.6 Å². The number of rotatable bonds is 2. The van der Waals surface area contributed by atoms with Gasteiger partial charge in [0.2, 0.25) is 0 Å². The zero-order chi connectivity index (χ0) is 11.2. The van der Waals surface area contributed by atoms with Crippen LogP contribution in [0.5, 0.6) is 0 Å². The van der Waals surface area contributed by atoms with E-state index in [4.69, 9.17) is 17.3 Å². The number of halogens is 1. The Kier molecular flexibility index (Phi) is 2.49. The largest absolute Gasteiger partial charge is 0.321 e. The van der Waals surface area contributed by atoms with Crippen molar-refractivity contribution in [3.8, 4) is 0 Å². The molecule has 2 saturated carbocycles. The standard InChI is InChI=1S/C14H18ClN/c15-12-7-3-6-11(8-12)14(16)9-13(14)10-4-1-2-5-10/h3,6-8,10,13H,1-2,4-5,9,16H2. The summed E-state index contributed by atoms with van der Waals surface area (Å²) in [5, 5.41) is 0.805. The molecule has 1 nitrogen and oxygen atoms in total. The molecule has 2 atom stereocenters. The van der Waals surface area contributed by atoms with Gasteiger partial charge < -0.3 is 5.73 Å². The first-order valence-corrected chi connectivity index (χ1v) is 6.63. The molecule has 0 amide bonds. The lowest BCUT2D eigenvalue weighted by Gasteiger charge is -2.16. The van der Waals surface area contributed by atoms with Crippen LogP contribution in [0.2, 0.25) is 5.02 Å². The minimum atomic E-state index is -0.0695. The van der Waals surface area contributed by atoms with Gasteiger partial charge in [0.15, 0.2) is 0 Å². The van der Waals surface area contributed by atoms with Gasteiger partial charge in [0.05, 0.1) is 0 Å². The van der Waals surface area contributed by atoms with Crippen LogP contribution in [-0.4, -0.2) is 0 Å². The maximum atomic E-state index is 6.50. The Morgan fingerprint density at radius 2 is 2.00 bits per heavy atom. The molecular formula is C14H18ClN. The molecule has 0 spiro atoms. The van der Waals surface area contributed by atoms with Crippen LogP contribution in [0.15, 0.2) is 24.3 Å². The summed E-state index contributed by atoms with van der Waals surface area (Å²) in [6, 6.07) is 8.09. The lowest BCUT2D eigenvalue weighted by Crippen LogP contribution is -2.24. The van der Waals surface area contributed by atoms with Crippen LogP contribution in [0.25, 0.3) is 0 Å². The van der Waals surface area contributed by atoms with E-state index >= 15 is 0 Å². The smallest absolute Gasteiger partial charge is 0.0445 e. The average molecular weight is 236 g/mol. The fourth-order valence-electron chi connectivity index (χ4n) is 3.36. The second kappa shape index (κ2) is 3.75. The van der Waals surface area contributed by atoms with Gasteiger partial charge >= 0.3 is 0 Å². The monoisotopic (exact) mass is 235 g/mol. The highest BCUT2D eigenvalue weighted by Gasteiger charge is 2.55. The normalized spacial score (nSPS) is 34.2. The van der Waals surface area contributed by atoms with E-state index in [0.29, 0.717) is 5.92 Å². The highest BCUT2D eigenvalue weighted by Crippen LogP contribution is 2.57. The van der Waals surface area contributed by atoms with Gasteiger partial charge in [0, 0.05) is 10.6 Å². The fourth-order valence-corrected chi connectivity index (χ4v) is 3.55. The van der Waals surface area contributed by atoms with Crippen LogP contribution in [0, 0.1) is 11.8 Å². The summed E-state index contributed by atoms with van der Waals surface area (Å²) < 4.78 is 0. The van der Waals surface area contributed by atoms with Crippen molar-refractivity contribution in [1.29, 1.82) is 0 Å². The molecule has 16 heavy (non-hydrogen) atoms. The summed E-state index contributed by atoms with van der Waals surface area (Å²) in [4.78, 5) is 0. The highest BCUT2D eigenvalue weighted by atomic mass is 35.5. The molecule has 0 radical (unpaired) electrons. The first-order valence-electron chi connectivity index (χ1n) is 6.25. The maximum absolute atomic E-state index is 6.50. The Hall–Kier alpha value is -0.530. The summed E-state index contributed by atoms with van der Waals surface area (Å²) in [7, 11) is 0. The predicted molar refractivity (Wildman–Crippen MR) is 67.4 cm³/mol. The molecule has 0 bridgehead atoms. The molecular weight excluding hydrogens is 218 g/mol. The first-order chi connectivity index (χ1) is 7.70. The summed E-state index contributed by atoms with van der Waals surface area (Å²) >= 11 is 6.03. The van der Waals surface area contributed by atoms with Gasteiger partial charge in [0.1, 0.15) is 0 Å². The van der Waals surface area contributed by atoms with Crippen molar-refractivity contribution in [2.24, 2.45) is 17.6 Å². The van der Waals surface area contributed by atoms with Crippen molar-refractivity contribution < 1.29 is 0 Å². The van der Waals surface area contributed by atoms with Crippen molar-refractivity contribution in [2.75, 3.05) is 0 Å². The van der Waals surface area contributed by atoms with Gasteiger partial charge in [-0.25, -0.2) is 0 Å². The second-order valence-electron chi connectivity index (χ2n) is 5.41. The third kappa shape index (κ3) is 1.66. The number of benzene rings is 1. The molecule has 2 aliphatic rings. The van der Waals surface area contributed by atoms with Gasteiger partial charge in [-0.1, -0.05) is 49.4 Å². The Labute approximate surface area is 102 Å². The molecule has 3 rings (SSSR count).